The number of anilines is 6. The van der Waals surface area contributed by atoms with Crippen LogP contribution in [0.5, 0.6) is 0 Å². The molecule has 0 amide bonds. The van der Waals surface area contributed by atoms with Crippen molar-refractivity contribution in [1.29, 1.82) is 0 Å². The van der Waals surface area contributed by atoms with E-state index < -0.39 is 11.7 Å². The van der Waals surface area contributed by atoms with Gasteiger partial charge < -0.3 is 9.80 Å². The molecule has 0 spiro atoms. The van der Waals surface area contributed by atoms with Crippen molar-refractivity contribution in [3.8, 4) is 44.5 Å². The van der Waals surface area contributed by atoms with E-state index in [1.165, 1.54) is 23.3 Å². The van der Waals surface area contributed by atoms with E-state index in [9.17, 15) is 13.2 Å². The molecular formula is C49H33F3N2. The van der Waals surface area contributed by atoms with E-state index in [0.717, 1.165) is 74.0 Å². The van der Waals surface area contributed by atoms with Crippen LogP contribution >= 0.6 is 0 Å². The minimum absolute atomic E-state index is 0.630. The number of para-hydroxylation sites is 2. The molecule has 0 bridgehead atoms. The summed E-state index contributed by atoms with van der Waals surface area (Å²) in [5.74, 6) is 0. The number of rotatable bonds is 6. The molecule has 8 aromatic carbocycles. The third-order valence-corrected chi connectivity index (χ3v) is 10.0. The fraction of sp³-hybridized carbons (Fsp3) is 0.0204. The second kappa shape index (κ2) is 13.6. The molecule has 0 saturated heterocycles. The summed E-state index contributed by atoms with van der Waals surface area (Å²) in [6.07, 6.45) is -4.42. The zero-order valence-corrected chi connectivity index (χ0v) is 29.1. The average Bonchev–Trinajstić information content (AvgIpc) is 3.34. The van der Waals surface area contributed by atoms with Crippen molar-refractivity contribution in [3.05, 3.63) is 206 Å². The van der Waals surface area contributed by atoms with Gasteiger partial charge in [0, 0.05) is 33.9 Å². The molecule has 0 aliphatic carbocycles. The van der Waals surface area contributed by atoms with Crippen LogP contribution in [0, 0.1) is 0 Å². The number of fused-ring (bicyclic) bond motifs is 5. The van der Waals surface area contributed by atoms with E-state index in [4.69, 9.17) is 0 Å². The lowest BCUT2D eigenvalue weighted by Gasteiger charge is -2.27. The summed E-state index contributed by atoms with van der Waals surface area (Å²) < 4.78 is 40.6. The molecule has 0 N–H and O–H groups in total. The highest BCUT2D eigenvalue weighted by Gasteiger charge is 2.30. The largest absolute Gasteiger partial charge is 0.416 e. The van der Waals surface area contributed by atoms with Crippen molar-refractivity contribution in [2.45, 2.75) is 6.18 Å². The molecule has 5 heteroatoms. The Balaban J connectivity index is 1.13. The fourth-order valence-corrected chi connectivity index (χ4v) is 7.44. The molecule has 1 aliphatic rings. The Hall–Kier alpha value is -6.85. The Morgan fingerprint density at radius 3 is 1.37 bits per heavy atom. The summed E-state index contributed by atoms with van der Waals surface area (Å²) in [6, 6.07) is 65.9. The number of benzene rings is 8. The van der Waals surface area contributed by atoms with Crippen LogP contribution in [0.25, 0.3) is 44.5 Å². The van der Waals surface area contributed by atoms with Gasteiger partial charge in [-0.05, 0) is 112 Å². The summed E-state index contributed by atoms with van der Waals surface area (Å²) in [7, 11) is 0. The van der Waals surface area contributed by atoms with E-state index >= 15 is 0 Å². The Bertz CT molecular complexity index is 2560. The minimum Gasteiger partial charge on any atom is -0.311 e. The first-order valence-electron chi connectivity index (χ1n) is 17.8. The third kappa shape index (κ3) is 6.10. The number of hydrogen-bond donors (Lipinski definition) is 0. The highest BCUT2D eigenvalue weighted by atomic mass is 19.4. The topological polar surface area (TPSA) is 6.48 Å². The van der Waals surface area contributed by atoms with Gasteiger partial charge in [0.1, 0.15) is 0 Å². The molecule has 0 saturated carbocycles. The lowest BCUT2D eigenvalue weighted by molar-refractivity contribution is -0.137. The fourth-order valence-electron chi connectivity index (χ4n) is 7.44. The van der Waals surface area contributed by atoms with E-state index in [0.29, 0.717) is 5.69 Å². The summed E-state index contributed by atoms with van der Waals surface area (Å²) >= 11 is 0. The Labute approximate surface area is 312 Å². The Morgan fingerprint density at radius 1 is 0.352 bits per heavy atom. The maximum Gasteiger partial charge on any atom is 0.416 e. The molecule has 1 aliphatic heterocycles. The Morgan fingerprint density at radius 2 is 0.778 bits per heavy atom. The lowest BCUT2D eigenvalue weighted by atomic mass is 9.92. The summed E-state index contributed by atoms with van der Waals surface area (Å²) in [4.78, 5) is 4.32. The predicted molar refractivity (Wildman–Crippen MR) is 216 cm³/mol. The molecule has 8 aromatic rings. The molecule has 2 nitrogen and oxygen atoms in total. The Kier molecular flexibility index (Phi) is 8.32. The molecule has 0 radical (unpaired) electrons. The lowest BCUT2D eigenvalue weighted by Crippen LogP contribution is -2.11. The van der Waals surface area contributed by atoms with Crippen LogP contribution in [-0.2, 0) is 6.18 Å². The van der Waals surface area contributed by atoms with E-state index in [-0.39, 0.29) is 0 Å². The molecule has 9 rings (SSSR count). The van der Waals surface area contributed by atoms with Gasteiger partial charge in [-0.3, -0.25) is 0 Å². The van der Waals surface area contributed by atoms with Crippen molar-refractivity contribution < 1.29 is 13.2 Å². The first-order chi connectivity index (χ1) is 26.4. The standard InChI is InChI=1S/C49H33F3N2/c50-49(51,52)38-24-30-42(31-25-38)53(40-26-19-35(20-27-40)34-11-3-1-4-12-34)41-28-21-36(22-29-41)37-23-32-48-46(33-37)44-16-8-7-15-43(44)45-17-9-10-18-47(45)54(48)39-13-5-2-6-14-39/h1-33H. The molecule has 0 fully saturated rings. The first kappa shape index (κ1) is 33.0. The van der Waals surface area contributed by atoms with Gasteiger partial charge in [0.25, 0.3) is 0 Å². The van der Waals surface area contributed by atoms with Crippen molar-refractivity contribution in [3.63, 3.8) is 0 Å². The highest BCUT2D eigenvalue weighted by molar-refractivity contribution is 6.03. The van der Waals surface area contributed by atoms with Gasteiger partial charge in [-0.25, -0.2) is 0 Å². The molecule has 0 atom stereocenters. The second-order valence-electron chi connectivity index (χ2n) is 13.3. The molecule has 0 aromatic heterocycles. The number of alkyl halides is 3. The number of nitrogens with zero attached hydrogens (tertiary/aromatic N) is 2. The highest BCUT2D eigenvalue weighted by Crippen LogP contribution is 2.51. The van der Waals surface area contributed by atoms with E-state index in [2.05, 4.69) is 120 Å². The zero-order chi connectivity index (χ0) is 36.6. The zero-order valence-electron chi connectivity index (χ0n) is 29.1. The van der Waals surface area contributed by atoms with Crippen molar-refractivity contribution in [2.24, 2.45) is 0 Å². The van der Waals surface area contributed by atoms with Gasteiger partial charge in [-0.1, -0.05) is 121 Å². The van der Waals surface area contributed by atoms with Crippen LogP contribution < -0.4 is 9.80 Å². The second-order valence-corrected chi connectivity index (χ2v) is 13.3. The minimum atomic E-state index is -4.42. The van der Waals surface area contributed by atoms with Gasteiger partial charge in [-0.15, -0.1) is 0 Å². The normalized spacial score (nSPS) is 11.9. The van der Waals surface area contributed by atoms with Crippen LogP contribution in [0.2, 0.25) is 0 Å². The van der Waals surface area contributed by atoms with Crippen LogP contribution in [0.15, 0.2) is 200 Å². The molecule has 260 valence electrons. The maximum absolute atomic E-state index is 13.5. The van der Waals surface area contributed by atoms with Crippen molar-refractivity contribution in [2.75, 3.05) is 9.80 Å². The van der Waals surface area contributed by atoms with Gasteiger partial charge in [0.05, 0.1) is 16.9 Å². The molecular weight excluding hydrogens is 674 g/mol. The van der Waals surface area contributed by atoms with Gasteiger partial charge in [0.15, 0.2) is 0 Å². The molecule has 1 heterocycles. The number of halogens is 3. The van der Waals surface area contributed by atoms with E-state index in [1.54, 1.807) is 0 Å². The quantitative estimate of drug-likeness (QED) is 0.170. The van der Waals surface area contributed by atoms with Crippen LogP contribution in [0.3, 0.4) is 0 Å². The molecule has 54 heavy (non-hydrogen) atoms. The van der Waals surface area contributed by atoms with E-state index in [1.807, 2.05) is 65.6 Å². The smallest absolute Gasteiger partial charge is 0.311 e. The maximum atomic E-state index is 13.5. The average molecular weight is 707 g/mol. The first-order valence-corrected chi connectivity index (χ1v) is 17.8. The number of hydrogen-bond acceptors (Lipinski definition) is 2. The monoisotopic (exact) mass is 706 g/mol. The van der Waals surface area contributed by atoms with Crippen LogP contribution in [0.4, 0.5) is 47.3 Å². The van der Waals surface area contributed by atoms with Crippen LogP contribution in [-0.4, -0.2) is 0 Å². The van der Waals surface area contributed by atoms with Crippen molar-refractivity contribution >= 4 is 34.1 Å². The van der Waals surface area contributed by atoms with Gasteiger partial charge in [-0.2, -0.15) is 13.2 Å². The van der Waals surface area contributed by atoms with Gasteiger partial charge >= 0.3 is 6.18 Å². The summed E-state index contributed by atoms with van der Waals surface area (Å²) in [6.45, 7) is 0. The van der Waals surface area contributed by atoms with Crippen LogP contribution in [0.1, 0.15) is 5.56 Å². The third-order valence-electron chi connectivity index (χ3n) is 10.0. The SMILES string of the molecule is FC(F)(F)c1ccc(N(c2ccc(-c3ccccc3)cc2)c2ccc(-c3ccc4c(c3)-c3ccccc3-c3ccccc3N4c3ccccc3)cc2)cc1. The van der Waals surface area contributed by atoms with Gasteiger partial charge in [0.2, 0.25) is 0 Å². The van der Waals surface area contributed by atoms with Crippen molar-refractivity contribution in [1.82, 2.24) is 0 Å². The predicted octanol–water partition coefficient (Wildman–Crippen LogP) is 14.6. The summed E-state index contributed by atoms with van der Waals surface area (Å²) in [5, 5.41) is 0. The summed E-state index contributed by atoms with van der Waals surface area (Å²) in [5.41, 5.74) is 13.8. The molecule has 0 unspecified atom stereocenters.